The molecule has 0 unspecified atom stereocenters. The van der Waals surface area contributed by atoms with Crippen molar-refractivity contribution in [3.05, 3.63) is 11.6 Å². The van der Waals surface area contributed by atoms with E-state index in [4.69, 9.17) is 9.47 Å². The summed E-state index contributed by atoms with van der Waals surface area (Å²) in [6.45, 7) is 4.03. The van der Waals surface area contributed by atoms with Gasteiger partial charge in [0.05, 0.1) is 36.6 Å². The van der Waals surface area contributed by atoms with Crippen LogP contribution in [0.15, 0.2) is 11.6 Å². The van der Waals surface area contributed by atoms with Gasteiger partial charge in [-0.25, -0.2) is 4.79 Å². The van der Waals surface area contributed by atoms with Crippen LogP contribution in [0.3, 0.4) is 0 Å². The van der Waals surface area contributed by atoms with Crippen LogP contribution in [0, 0.1) is 0 Å². The highest BCUT2D eigenvalue weighted by Crippen LogP contribution is 2.28. The molecule has 42 heavy (non-hydrogen) atoms. The first-order valence-corrected chi connectivity index (χ1v) is 17.6. The Morgan fingerprint density at radius 2 is 1.31 bits per heavy atom. The molecule has 1 saturated heterocycles. The summed E-state index contributed by atoms with van der Waals surface area (Å²) < 4.78 is 11.2. The highest BCUT2D eigenvalue weighted by atomic mass is 16.5. The number of unbranched alkanes of at least 4 members (excludes halogenated alkanes) is 13. The fraction of sp³-hybridized carbons (Fsp3) is 0.914. The van der Waals surface area contributed by atoms with Crippen LogP contribution in [0.2, 0.25) is 0 Å². The van der Waals surface area contributed by atoms with E-state index in [1.54, 1.807) is 0 Å². The molecule has 0 amide bonds. The first-order valence-electron chi connectivity index (χ1n) is 17.6. The zero-order chi connectivity index (χ0) is 30.6. The third-order valence-corrected chi connectivity index (χ3v) is 9.14. The molecule has 2 aliphatic heterocycles. The maximum atomic E-state index is 11.6. The third kappa shape index (κ3) is 16.2. The zero-order valence-electron chi connectivity index (χ0n) is 26.9. The van der Waals surface area contributed by atoms with E-state index in [9.17, 15) is 25.2 Å². The Kier molecular flexibility index (Phi) is 19.9. The number of carbonyl (C=O) groups is 1. The molecule has 0 aliphatic carbocycles. The number of esters is 1. The van der Waals surface area contributed by atoms with Crippen molar-refractivity contribution >= 4 is 5.97 Å². The lowest BCUT2D eigenvalue weighted by Crippen LogP contribution is -2.31. The van der Waals surface area contributed by atoms with Crippen LogP contribution >= 0.6 is 0 Å². The van der Waals surface area contributed by atoms with Gasteiger partial charge in [-0.1, -0.05) is 103 Å². The van der Waals surface area contributed by atoms with Crippen molar-refractivity contribution < 1.29 is 34.7 Å². The Balaban J connectivity index is 1.37. The normalized spacial score (nSPS) is 23.5. The minimum Gasteiger partial charge on any atom is -0.455 e. The number of carbonyl (C=O) groups excluding carboxylic acids is 1. The van der Waals surface area contributed by atoms with Crippen molar-refractivity contribution in [3.8, 4) is 0 Å². The van der Waals surface area contributed by atoms with Crippen LogP contribution in [0.4, 0.5) is 0 Å². The van der Waals surface area contributed by atoms with E-state index in [-0.39, 0.29) is 24.3 Å². The second kappa shape index (κ2) is 22.5. The number of aliphatic hydroxyl groups is 4. The summed E-state index contributed by atoms with van der Waals surface area (Å²) >= 11 is 0. The zero-order valence-corrected chi connectivity index (χ0v) is 26.9. The first-order chi connectivity index (χ1) is 20.3. The summed E-state index contributed by atoms with van der Waals surface area (Å²) in [4.78, 5) is 11.6. The molecule has 0 radical (unpaired) electrons. The van der Waals surface area contributed by atoms with Gasteiger partial charge < -0.3 is 29.9 Å². The number of rotatable bonds is 26. The lowest BCUT2D eigenvalue weighted by molar-refractivity contribution is -0.139. The van der Waals surface area contributed by atoms with Crippen molar-refractivity contribution in [1.82, 2.24) is 0 Å². The minimum absolute atomic E-state index is 0.135. The van der Waals surface area contributed by atoms with Crippen LogP contribution in [0.25, 0.3) is 0 Å². The highest BCUT2D eigenvalue weighted by molar-refractivity contribution is 5.90. The van der Waals surface area contributed by atoms with Crippen molar-refractivity contribution in [3.63, 3.8) is 0 Å². The number of ether oxygens (including phenoxy) is 2. The molecule has 4 N–H and O–H groups in total. The molecule has 0 aromatic rings. The highest BCUT2D eigenvalue weighted by Gasteiger charge is 2.31. The van der Waals surface area contributed by atoms with E-state index in [1.807, 2.05) is 13.0 Å². The molecule has 0 aromatic heterocycles. The number of aliphatic hydroxyl groups excluding tert-OH is 4. The predicted molar refractivity (Wildman–Crippen MR) is 168 cm³/mol. The molecule has 0 aromatic carbocycles. The van der Waals surface area contributed by atoms with Crippen molar-refractivity contribution in [2.24, 2.45) is 0 Å². The lowest BCUT2D eigenvalue weighted by Gasteiger charge is -2.22. The van der Waals surface area contributed by atoms with Gasteiger partial charge >= 0.3 is 5.97 Å². The number of hydrogen-bond donors (Lipinski definition) is 4. The van der Waals surface area contributed by atoms with Gasteiger partial charge in [-0.2, -0.15) is 0 Å². The van der Waals surface area contributed by atoms with Crippen molar-refractivity contribution in [2.45, 2.75) is 204 Å². The van der Waals surface area contributed by atoms with Crippen molar-refractivity contribution in [2.75, 3.05) is 0 Å². The smallest absolute Gasteiger partial charge is 0.334 e. The van der Waals surface area contributed by atoms with Crippen LogP contribution in [0.1, 0.15) is 162 Å². The second-order valence-electron chi connectivity index (χ2n) is 13.1. The largest absolute Gasteiger partial charge is 0.455 e. The number of cyclic esters (lactones) is 1. The summed E-state index contributed by atoms with van der Waals surface area (Å²) in [5.74, 6) is -0.276. The minimum atomic E-state index is -0.763. The lowest BCUT2D eigenvalue weighted by atomic mass is 9.98. The molecule has 7 heteroatoms. The van der Waals surface area contributed by atoms with Crippen molar-refractivity contribution in [1.29, 1.82) is 0 Å². The molecule has 0 saturated carbocycles. The monoisotopic (exact) mass is 596 g/mol. The molecule has 2 rings (SSSR count). The maximum absolute atomic E-state index is 11.6. The Morgan fingerprint density at radius 1 is 0.738 bits per heavy atom. The fourth-order valence-corrected chi connectivity index (χ4v) is 6.40. The molecule has 246 valence electrons. The molecule has 7 atom stereocenters. The van der Waals surface area contributed by atoms with Crippen LogP contribution in [-0.2, 0) is 14.3 Å². The fourth-order valence-electron chi connectivity index (χ4n) is 6.40. The summed E-state index contributed by atoms with van der Waals surface area (Å²) in [6.07, 6.45) is 22.7. The van der Waals surface area contributed by atoms with Gasteiger partial charge in [0.1, 0.15) is 6.10 Å². The molecule has 2 heterocycles. The van der Waals surface area contributed by atoms with Crippen LogP contribution < -0.4 is 0 Å². The average Bonchev–Trinajstić information content (AvgIpc) is 3.57. The van der Waals surface area contributed by atoms with E-state index < -0.39 is 24.4 Å². The van der Waals surface area contributed by atoms with E-state index >= 15 is 0 Å². The van der Waals surface area contributed by atoms with Gasteiger partial charge in [0.25, 0.3) is 0 Å². The summed E-state index contributed by atoms with van der Waals surface area (Å²) in [5.41, 5.74) is 0.622. The standard InChI is InChI=1S/C35H64O7/c1-3-4-5-12-17-20-31(37)32(38)22-23-33(39)34-24-21-30(42-34)19-16-14-11-9-7-6-8-10-13-15-18-29(36)26-28-25-27(2)41-35(28)40/h25,27,29-34,36-39H,3-24,26H2,1-2H3/t27-,29+,30+,31+,32+,33-,34-/m0/s1. The van der Waals surface area contributed by atoms with Gasteiger partial charge in [-0.05, 0) is 57.9 Å². The third-order valence-electron chi connectivity index (χ3n) is 9.14. The maximum Gasteiger partial charge on any atom is 0.334 e. The van der Waals surface area contributed by atoms with Crippen LogP contribution in [-0.4, -0.2) is 69.1 Å². The molecule has 0 spiro atoms. The van der Waals surface area contributed by atoms with Gasteiger partial charge in [0.15, 0.2) is 0 Å². The van der Waals surface area contributed by atoms with Crippen LogP contribution in [0.5, 0.6) is 0 Å². The summed E-state index contributed by atoms with van der Waals surface area (Å²) in [7, 11) is 0. The molecule has 1 fully saturated rings. The Bertz CT molecular complexity index is 726. The number of hydrogen-bond acceptors (Lipinski definition) is 7. The molecular formula is C35H64O7. The van der Waals surface area contributed by atoms with Gasteiger partial charge in [0, 0.05) is 12.0 Å². The van der Waals surface area contributed by atoms with Gasteiger partial charge in [0.2, 0.25) is 0 Å². The predicted octanol–water partition coefficient (Wildman–Crippen LogP) is 7.06. The van der Waals surface area contributed by atoms with E-state index in [0.29, 0.717) is 31.3 Å². The SMILES string of the molecule is CCCCCCC[C@@H](O)[C@H](O)CC[C@H](O)[C@@H]1CC[C@@H](CCCCCCCCCCCC[C@@H](O)CC2=C[C@H](C)OC2=O)O1. The Morgan fingerprint density at radius 3 is 1.93 bits per heavy atom. The topological polar surface area (TPSA) is 116 Å². The first kappa shape index (κ1) is 37.2. The second-order valence-corrected chi connectivity index (χ2v) is 13.1. The molecule has 7 nitrogen and oxygen atoms in total. The summed E-state index contributed by atoms with van der Waals surface area (Å²) in [6, 6.07) is 0. The quantitative estimate of drug-likeness (QED) is 0.0624. The Labute approximate surface area is 256 Å². The Hall–Kier alpha value is -0.990. The van der Waals surface area contributed by atoms with Gasteiger partial charge in [-0.15, -0.1) is 0 Å². The molecular weight excluding hydrogens is 532 g/mol. The van der Waals surface area contributed by atoms with Gasteiger partial charge in [-0.3, -0.25) is 0 Å². The molecule has 2 aliphatic rings. The van der Waals surface area contributed by atoms with E-state index in [2.05, 4.69) is 6.92 Å². The summed E-state index contributed by atoms with van der Waals surface area (Å²) in [5, 5.41) is 41.2. The van der Waals surface area contributed by atoms with E-state index in [1.165, 1.54) is 70.6 Å². The van der Waals surface area contributed by atoms with E-state index in [0.717, 1.165) is 51.4 Å². The molecule has 0 bridgehead atoms. The average molecular weight is 597 g/mol.